The summed E-state index contributed by atoms with van der Waals surface area (Å²) in [5.41, 5.74) is 15.6. The molecule has 12 rings (SSSR count). The van der Waals surface area contributed by atoms with Gasteiger partial charge < -0.3 is 9.80 Å². The maximum Gasteiger partial charge on any atom is 0.177 e. The van der Waals surface area contributed by atoms with Gasteiger partial charge in [-0.25, -0.2) is 0 Å². The molecule has 0 saturated heterocycles. The van der Waals surface area contributed by atoms with Crippen LogP contribution in [-0.2, 0) is 5.66 Å². The third-order valence-electron chi connectivity index (χ3n) is 12.5. The largest absolute Gasteiger partial charge is 0.308 e. The summed E-state index contributed by atoms with van der Waals surface area (Å²) in [4.78, 5) is 7.84. The van der Waals surface area contributed by atoms with E-state index in [2.05, 4.69) is 252 Å². The Bertz CT molecular complexity index is 3110. The molecule has 2 aliphatic heterocycles. The zero-order valence-electron chi connectivity index (χ0n) is 33.9. The van der Waals surface area contributed by atoms with Crippen LogP contribution in [0.25, 0.3) is 55.3 Å². The van der Waals surface area contributed by atoms with Gasteiger partial charge in [-0.1, -0.05) is 200 Å². The summed E-state index contributed by atoms with van der Waals surface area (Å²) in [6.07, 6.45) is 0. The normalized spacial score (nSPS) is 13.5. The molecule has 0 saturated carbocycles. The zero-order valence-corrected chi connectivity index (χ0v) is 34.7. The molecular formula is C59H40N2S. The topological polar surface area (TPSA) is 6.48 Å². The molecule has 0 amide bonds. The van der Waals surface area contributed by atoms with Crippen LogP contribution in [0.3, 0.4) is 0 Å². The second-order valence-corrected chi connectivity index (χ2v) is 17.2. The molecule has 2 nitrogen and oxygen atoms in total. The quantitative estimate of drug-likeness (QED) is 0.165. The van der Waals surface area contributed by atoms with Crippen LogP contribution in [0.2, 0.25) is 0 Å². The van der Waals surface area contributed by atoms with E-state index in [1.807, 2.05) is 11.8 Å². The summed E-state index contributed by atoms with van der Waals surface area (Å²) >= 11 is 1.87. The van der Waals surface area contributed by atoms with Gasteiger partial charge in [0.05, 0.1) is 11.4 Å². The van der Waals surface area contributed by atoms with E-state index >= 15 is 0 Å². The van der Waals surface area contributed by atoms with Crippen molar-refractivity contribution in [3.05, 3.63) is 254 Å². The van der Waals surface area contributed by atoms with Crippen molar-refractivity contribution in [1.29, 1.82) is 0 Å². The molecule has 10 aromatic carbocycles. The number of anilines is 4. The maximum atomic E-state index is 2.69. The van der Waals surface area contributed by atoms with Crippen molar-refractivity contribution in [2.75, 3.05) is 9.80 Å². The van der Waals surface area contributed by atoms with Gasteiger partial charge in [-0.3, -0.25) is 0 Å². The number of rotatable bonds is 6. The Morgan fingerprint density at radius 2 is 0.694 bits per heavy atom. The van der Waals surface area contributed by atoms with Crippen molar-refractivity contribution in [2.24, 2.45) is 0 Å². The van der Waals surface area contributed by atoms with Gasteiger partial charge in [0.25, 0.3) is 0 Å². The monoisotopic (exact) mass is 808 g/mol. The van der Waals surface area contributed by atoms with Crippen LogP contribution in [0, 0.1) is 0 Å². The Morgan fingerprint density at radius 1 is 0.306 bits per heavy atom. The van der Waals surface area contributed by atoms with Crippen LogP contribution >= 0.6 is 11.8 Å². The molecule has 3 heteroatoms. The van der Waals surface area contributed by atoms with Gasteiger partial charge in [0.2, 0.25) is 0 Å². The fourth-order valence-corrected chi connectivity index (χ4v) is 11.0. The highest BCUT2D eigenvalue weighted by molar-refractivity contribution is 7.99. The third-order valence-corrected chi connectivity index (χ3v) is 13.7. The highest BCUT2D eigenvalue weighted by atomic mass is 32.2. The highest BCUT2D eigenvalue weighted by Gasteiger charge is 2.57. The van der Waals surface area contributed by atoms with Crippen LogP contribution < -0.4 is 9.80 Å². The molecule has 292 valence electrons. The molecule has 0 atom stereocenters. The molecular weight excluding hydrogens is 769 g/mol. The summed E-state index contributed by atoms with van der Waals surface area (Å²) in [6, 6.07) is 89.4. The van der Waals surface area contributed by atoms with Crippen molar-refractivity contribution in [2.45, 2.75) is 15.5 Å². The second kappa shape index (κ2) is 14.8. The molecule has 0 unspecified atom stereocenters. The van der Waals surface area contributed by atoms with Crippen molar-refractivity contribution in [3.8, 4) is 44.5 Å². The summed E-state index contributed by atoms with van der Waals surface area (Å²) in [5, 5.41) is 2.40. The summed E-state index contributed by atoms with van der Waals surface area (Å²) in [6.45, 7) is 0. The Kier molecular flexibility index (Phi) is 8.69. The Hall–Kier alpha value is -7.59. The summed E-state index contributed by atoms with van der Waals surface area (Å²) < 4.78 is 0. The van der Waals surface area contributed by atoms with E-state index in [1.54, 1.807) is 0 Å². The van der Waals surface area contributed by atoms with E-state index in [4.69, 9.17) is 0 Å². The number of fused-ring (bicyclic) bond motifs is 7. The SMILES string of the molecule is c1ccc(-c2cc(-c3ccccc3)cc(N3c4ccc5ccccc5c4N(c4cc(-c5ccccc5)cc(-c5ccccc5)c4)C34c3ccccc3Sc3ccccc34)c2)cc1. The predicted molar refractivity (Wildman–Crippen MR) is 261 cm³/mol. The van der Waals surface area contributed by atoms with Crippen molar-refractivity contribution in [1.82, 2.24) is 0 Å². The van der Waals surface area contributed by atoms with E-state index < -0.39 is 5.66 Å². The molecule has 0 radical (unpaired) electrons. The molecule has 10 aromatic rings. The minimum atomic E-state index is -0.864. The fraction of sp³-hybridized carbons (Fsp3) is 0.0169. The average Bonchev–Trinajstić information content (AvgIpc) is 3.66. The van der Waals surface area contributed by atoms with Gasteiger partial charge in [0, 0.05) is 37.7 Å². The van der Waals surface area contributed by atoms with Crippen LogP contribution in [0.1, 0.15) is 11.1 Å². The van der Waals surface area contributed by atoms with Crippen molar-refractivity contribution < 1.29 is 0 Å². The van der Waals surface area contributed by atoms with Crippen molar-refractivity contribution >= 4 is 45.3 Å². The molecule has 2 heterocycles. The second-order valence-electron chi connectivity index (χ2n) is 16.1. The molecule has 0 N–H and O–H groups in total. The van der Waals surface area contributed by atoms with Gasteiger partial charge >= 0.3 is 0 Å². The standard InChI is InChI=1S/C59H40N2S/c1-5-19-41(20-6-1)46-35-47(42-21-7-2-8-22-42)38-50(37-46)60-55-34-33-45-27-13-14-28-52(45)58(55)61(59(60)53-29-15-17-31-56(53)62-57-32-18-16-30-54(57)59)51-39-48(43-23-9-3-10-24-43)36-49(40-51)44-25-11-4-12-26-44/h1-40H. The Morgan fingerprint density at radius 3 is 1.16 bits per heavy atom. The first-order valence-corrected chi connectivity index (χ1v) is 22.1. The number of nitrogens with zero attached hydrogens (tertiary/aromatic N) is 2. The Balaban J connectivity index is 1.26. The van der Waals surface area contributed by atoms with Crippen LogP contribution in [0.15, 0.2) is 252 Å². The average molecular weight is 809 g/mol. The highest BCUT2D eigenvalue weighted by Crippen LogP contribution is 2.66. The smallest absolute Gasteiger partial charge is 0.177 e. The van der Waals surface area contributed by atoms with Crippen molar-refractivity contribution in [3.63, 3.8) is 0 Å². The lowest BCUT2D eigenvalue weighted by molar-refractivity contribution is 0.535. The van der Waals surface area contributed by atoms with E-state index in [0.29, 0.717) is 0 Å². The fourth-order valence-electron chi connectivity index (χ4n) is 9.84. The molecule has 62 heavy (non-hydrogen) atoms. The predicted octanol–water partition coefficient (Wildman–Crippen LogP) is 16.2. The lowest BCUT2D eigenvalue weighted by Gasteiger charge is -2.50. The van der Waals surface area contributed by atoms with Gasteiger partial charge in [-0.2, -0.15) is 0 Å². The zero-order chi connectivity index (χ0) is 41.0. The van der Waals surface area contributed by atoms with E-state index in [9.17, 15) is 0 Å². The summed E-state index contributed by atoms with van der Waals surface area (Å²) in [5.74, 6) is 0. The number of hydrogen-bond donors (Lipinski definition) is 0. The minimum Gasteiger partial charge on any atom is -0.308 e. The number of benzene rings is 10. The first-order valence-electron chi connectivity index (χ1n) is 21.2. The van der Waals surface area contributed by atoms with Crippen LogP contribution in [0.4, 0.5) is 22.7 Å². The third kappa shape index (κ3) is 5.81. The summed E-state index contributed by atoms with van der Waals surface area (Å²) in [7, 11) is 0. The molecule has 2 aliphatic rings. The maximum absolute atomic E-state index is 2.69. The van der Waals surface area contributed by atoms with Gasteiger partial charge in [0.15, 0.2) is 5.66 Å². The minimum absolute atomic E-state index is 0.864. The molecule has 0 fully saturated rings. The first kappa shape index (κ1) is 36.3. The first-order chi connectivity index (χ1) is 30.7. The molecule has 0 aliphatic carbocycles. The van der Waals surface area contributed by atoms with Crippen LogP contribution in [-0.4, -0.2) is 0 Å². The van der Waals surface area contributed by atoms with Gasteiger partial charge in [0.1, 0.15) is 0 Å². The van der Waals surface area contributed by atoms with Gasteiger partial charge in [-0.05, 0) is 104 Å². The molecule has 1 spiro atoms. The lowest BCUT2D eigenvalue weighted by Crippen LogP contribution is -2.53. The molecule has 0 bridgehead atoms. The van der Waals surface area contributed by atoms with E-state index in [0.717, 1.165) is 17.1 Å². The number of hydrogen-bond acceptors (Lipinski definition) is 3. The Labute approximate surface area is 367 Å². The van der Waals surface area contributed by atoms with E-state index in [1.165, 1.54) is 81.9 Å². The van der Waals surface area contributed by atoms with Gasteiger partial charge in [-0.15, -0.1) is 0 Å². The van der Waals surface area contributed by atoms with E-state index in [-0.39, 0.29) is 0 Å². The van der Waals surface area contributed by atoms with Crippen LogP contribution in [0.5, 0.6) is 0 Å². The molecule has 0 aromatic heterocycles. The lowest BCUT2D eigenvalue weighted by atomic mass is 9.86.